The van der Waals surface area contributed by atoms with Crippen molar-refractivity contribution in [1.29, 1.82) is 0 Å². The van der Waals surface area contributed by atoms with Gasteiger partial charge in [0.05, 0.1) is 70.2 Å². The van der Waals surface area contributed by atoms with Crippen molar-refractivity contribution in [3.8, 4) is 34.5 Å². The Labute approximate surface area is 738 Å². The summed E-state index contributed by atoms with van der Waals surface area (Å²) >= 11 is 0. The van der Waals surface area contributed by atoms with Gasteiger partial charge in [-0.1, -0.05) is 90.7 Å². The number of H-pyrrole nitrogens is 1. The number of para-hydroxylation sites is 1. The Bertz CT molecular complexity index is 6620. The van der Waals surface area contributed by atoms with E-state index in [1.807, 2.05) is 111 Å². The SMILES string of the molecule is CCCc1c(OCCCOc2cccc3c2ccn3Cc2nn[nH]n2)ccc2c(C(F)(F)F)noc12.CCCc1c(OCCCn2cc(C(=O)C(F)(F)F)c3c(OC(C)(C)C(=O)O)cccc32)ccc2c(C(F)(F)F)noc12.CN(CCn1ccc2c(OCC(=O)O)cccc21)c1ccccn1.Cc1c(C)n(CCCn2ccc3c(OC(C)(C)O)cccc32)c2ccccc12. The fourth-order valence-electron chi connectivity index (χ4n) is 15.3. The molecule has 4 N–H and O–H groups in total. The summed E-state index contributed by atoms with van der Waals surface area (Å²) in [5.74, 6) is -1.52. The number of ketones is 1. The summed E-state index contributed by atoms with van der Waals surface area (Å²) in [5.41, 5.74) is 3.80. The third-order valence-electron chi connectivity index (χ3n) is 21.6. The molecule has 7 aromatic carbocycles. The Morgan fingerprint density at radius 3 is 1.58 bits per heavy atom. The number of aliphatic carboxylic acids is 2. The molecule has 0 fully saturated rings. The molecule has 0 amide bonds. The van der Waals surface area contributed by atoms with Gasteiger partial charge in [0.25, 0.3) is 5.78 Å². The molecule has 16 rings (SSSR count). The number of tetrazole rings is 1. The van der Waals surface area contributed by atoms with Gasteiger partial charge in [0.2, 0.25) is 5.79 Å². The summed E-state index contributed by atoms with van der Waals surface area (Å²) in [6, 6.07) is 47.6. The van der Waals surface area contributed by atoms with Crippen LogP contribution in [0.25, 0.3) is 76.5 Å². The molecule has 9 heterocycles. The lowest BCUT2D eigenvalue weighted by Gasteiger charge is -2.22. The fraction of sp³-hybridized carbons (Fsp3) is 0.330. The highest BCUT2D eigenvalue weighted by Crippen LogP contribution is 2.43. The first-order valence-electron chi connectivity index (χ1n) is 41.9. The first kappa shape index (κ1) is 93.6. The summed E-state index contributed by atoms with van der Waals surface area (Å²) in [7, 11) is 2.01. The van der Waals surface area contributed by atoms with Crippen LogP contribution in [0.1, 0.15) is 124 Å². The number of halogens is 9. The zero-order valence-electron chi connectivity index (χ0n) is 72.5. The van der Waals surface area contributed by atoms with Crippen molar-refractivity contribution < 1.29 is 107 Å². The lowest BCUT2D eigenvalue weighted by molar-refractivity contribution is -0.152. The number of rotatable bonds is 34. The maximum absolute atomic E-state index is 13.5. The van der Waals surface area contributed by atoms with Gasteiger partial charge in [-0.15, -0.1) is 10.2 Å². The van der Waals surface area contributed by atoms with Crippen molar-refractivity contribution >= 4 is 100.0 Å². The van der Waals surface area contributed by atoms with Crippen LogP contribution in [-0.4, -0.2) is 149 Å². The second kappa shape index (κ2) is 40.1. The third-order valence-corrected chi connectivity index (χ3v) is 21.6. The largest absolute Gasteiger partial charge is 0.493 e. The van der Waals surface area contributed by atoms with E-state index in [1.54, 1.807) is 32.2 Å². The number of carbonyl (C=O) groups excluding carboxylic acids is 1. The van der Waals surface area contributed by atoms with Gasteiger partial charge in [0.1, 0.15) is 40.3 Å². The predicted molar refractivity (Wildman–Crippen MR) is 469 cm³/mol. The second-order valence-corrected chi connectivity index (χ2v) is 31.7. The van der Waals surface area contributed by atoms with Gasteiger partial charge in [-0.2, -0.15) is 44.7 Å². The second-order valence-electron chi connectivity index (χ2n) is 31.7. The number of Topliss-reactive ketones (excluding diaryl/α,β-unsaturated/α-hetero) is 1. The minimum atomic E-state index is -5.20. The average Bonchev–Trinajstić information content (AvgIpc) is 1.60. The average molecular weight is 1800 g/mol. The number of aryl methyl sites for hydroxylation is 6. The van der Waals surface area contributed by atoms with Crippen molar-refractivity contribution in [2.75, 3.05) is 44.9 Å². The first-order chi connectivity index (χ1) is 62.0. The van der Waals surface area contributed by atoms with Crippen LogP contribution in [0.2, 0.25) is 0 Å². The lowest BCUT2D eigenvalue weighted by atomic mass is 10.0. The molecule has 27 nitrogen and oxygen atoms in total. The molecule has 0 bridgehead atoms. The Morgan fingerprint density at radius 1 is 0.515 bits per heavy atom. The van der Waals surface area contributed by atoms with Crippen LogP contribution in [0.15, 0.2) is 198 Å². The van der Waals surface area contributed by atoms with Crippen molar-refractivity contribution in [3.63, 3.8) is 0 Å². The molecule has 0 aliphatic heterocycles. The number of likely N-dealkylation sites (N-methyl/N-ethyl adjacent to an activating group) is 1. The normalized spacial score (nSPS) is 12.0. The summed E-state index contributed by atoms with van der Waals surface area (Å²) < 4.78 is 174. The molecular formula is C94H96F9N13O14. The monoisotopic (exact) mass is 1800 g/mol. The van der Waals surface area contributed by atoms with E-state index < -0.39 is 64.6 Å². The van der Waals surface area contributed by atoms with Crippen LogP contribution >= 0.6 is 0 Å². The number of hydrogen-bond acceptors (Lipinski definition) is 19. The third kappa shape index (κ3) is 21.8. The summed E-state index contributed by atoms with van der Waals surface area (Å²) in [5, 5.41) is 52.4. The molecule has 684 valence electrons. The minimum absolute atomic E-state index is 0.0208. The van der Waals surface area contributed by atoms with Crippen LogP contribution in [0.5, 0.6) is 34.5 Å². The summed E-state index contributed by atoms with van der Waals surface area (Å²) in [6.45, 7) is 18.4. The van der Waals surface area contributed by atoms with E-state index in [0.29, 0.717) is 79.6 Å². The number of fused-ring (bicyclic) bond motifs is 7. The van der Waals surface area contributed by atoms with Crippen LogP contribution in [0, 0.1) is 13.8 Å². The van der Waals surface area contributed by atoms with Crippen molar-refractivity contribution in [2.45, 2.75) is 163 Å². The Hall–Kier alpha value is -14.1. The molecule has 0 atom stereocenters. The quantitative estimate of drug-likeness (QED) is 0.0126. The standard InChI is InChI=1S/C28H26F6N2O6.C24H23F3N6O3.C24H28N2O2.C18H19N3O3/c1-4-7-15-19(11-10-16-22(15)42-35-23(16)27(29,30)31)40-13-6-12-36-14-17(24(37)28(32,33)34)21-18(36)8-5-9-20(21)41-26(2,3)25(38)39;1-2-5-16-20(9-8-17-22(16)36-30-23(17)24(25,26)27)35-13-4-12-34-19-7-3-6-18-15(19)10-11-33(18)14-21-28-31-32-29-21;1-17-18(2)26(22-10-6-5-9-19(17)22)15-8-14-25-16-13-20-21(25)11-7-12-23(20)28-24(3,4)27;1-20(17-7-2-3-9-19-17)11-12-21-10-8-14-15(21)5-4-6-16(14)24-13-18(22)23/h5,8-11,14H,4,6-7,12-13H2,1-3H3,(H,38,39);3,6-11H,2,4-5,12-14H2,1H3,(H,28,29,31,32);5-7,9-13,16,27H,8,14-15H2,1-4H3;2-10H,11-13H2,1H3,(H,22,23). The van der Waals surface area contributed by atoms with Gasteiger partial charge < -0.3 is 80.5 Å². The highest BCUT2D eigenvalue weighted by Gasteiger charge is 2.43. The molecule has 0 saturated carbocycles. The highest BCUT2D eigenvalue weighted by atomic mass is 19.4. The zero-order chi connectivity index (χ0) is 93.0. The number of alkyl halides is 9. The van der Waals surface area contributed by atoms with Crippen molar-refractivity contribution in [2.24, 2.45) is 0 Å². The molecule has 0 aliphatic carbocycles. The van der Waals surface area contributed by atoms with E-state index in [1.165, 1.54) is 77.0 Å². The van der Waals surface area contributed by atoms with Crippen LogP contribution < -0.4 is 33.3 Å². The number of carboxylic acid groups (broad SMARTS) is 2. The first-order valence-corrected chi connectivity index (χ1v) is 41.9. The molecule has 130 heavy (non-hydrogen) atoms. The van der Waals surface area contributed by atoms with Crippen molar-refractivity contribution in [3.05, 3.63) is 234 Å². The number of benzene rings is 7. The van der Waals surface area contributed by atoms with Gasteiger partial charge in [0.15, 0.2) is 40.6 Å². The maximum Gasteiger partial charge on any atom is 0.454 e. The number of ether oxygens (including phenoxy) is 6. The van der Waals surface area contributed by atoms with Gasteiger partial charge >= 0.3 is 30.5 Å². The lowest BCUT2D eigenvalue weighted by Crippen LogP contribution is -2.38. The molecule has 36 heteroatoms. The van der Waals surface area contributed by atoms with Crippen LogP contribution in [-0.2, 0) is 67.5 Å². The zero-order valence-corrected chi connectivity index (χ0v) is 72.5. The van der Waals surface area contributed by atoms with E-state index in [2.05, 4.69) is 111 Å². The molecule has 16 aromatic rings. The minimum Gasteiger partial charge on any atom is -0.493 e. The predicted octanol–water partition coefficient (Wildman–Crippen LogP) is 20.4. The summed E-state index contributed by atoms with van der Waals surface area (Å²) in [4.78, 5) is 41.0. The molecule has 0 unspecified atom stereocenters. The Kier molecular flexibility index (Phi) is 28.9. The van der Waals surface area contributed by atoms with Gasteiger partial charge in [-0.3, -0.25) is 4.79 Å². The van der Waals surface area contributed by atoms with Crippen LogP contribution in [0.3, 0.4) is 0 Å². The van der Waals surface area contributed by atoms with Gasteiger partial charge in [0, 0.05) is 135 Å². The number of carboxylic acids is 2. The number of carbonyl (C=O) groups is 3. The number of nitrogens with zero attached hydrogens (tertiary/aromatic N) is 12. The molecule has 0 radical (unpaired) electrons. The molecule has 0 aliphatic rings. The van der Waals surface area contributed by atoms with Crippen molar-refractivity contribution in [1.82, 2.24) is 58.8 Å². The maximum atomic E-state index is 13.5. The van der Waals surface area contributed by atoms with E-state index in [4.69, 9.17) is 42.6 Å². The number of aromatic nitrogens is 12. The van der Waals surface area contributed by atoms with Gasteiger partial charge in [-0.25, -0.2) is 14.6 Å². The van der Waals surface area contributed by atoms with Crippen LogP contribution in [0.4, 0.5) is 45.3 Å². The smallest absolute Gasteiger partial charge is 0.454 e. The van der Waals surface area contributed by atoms with Gasteiger partial charge in [-0.05, 0) is 168 Å². The number of aromatic amines is 1. The topological polar surface area (TPSA) is 315 Å². The molecule has 0 spiro atoms. The van der Waals surface area contributed by atoms with E-state index in [-0.39, 0.29) is 70.5 Å². The van der Waals surface area contributed by atoms with E-state index in [9.17, 15) is 64.1 Å². The van der Waals surface area contributed by atoms with E-state index >= 15 is 0 Å². The molecule has 0 saturated heterocycles. The number of anilines is 1. The van der Waals surface area contributed by atoms with E-state index in [0.717, 1.165) is 89.5 Å². The Morgan fingerprint density at radius 2 is 1.03 bits per heavy atom. The highest BCUT2D eigenvalue weighted by molar-refractivity contribution is 6.12. The summed E-state index contributed by atoms with van der Waals surface area (Å²) in [6.07, 6.45) is -1.63. The number of nitrogens with one attached hydrogen (secondary N) is 1. The molecular weight excluding hydrogens is 1710 g/mol. The molecule has 9 aromatic heterocycles. The Balaban J connectivity index is 0.000000151. The number of aliphatic hydroxyl groups is 1. The number of hydrogen-bond donors (Lipinski definition) is 4. The number of pyridine rings is 1. The fourth-order valence-corrected chi connectivity index (χ4v) is 15.3.